The fourth-order valence-corrected chi connectivity index (χ4v) is 1.86. The first-order valence-electron chi connectivity index (χ1n) is 6.90. The van der Waals surface area contributed by atoms with E-state index in [4.69, 9.17) is 0 Å². The Balaban J connectivity index is 2.16. The highest BCUT2D eigenvalue weighted by Crippen LogP contribution is 2.02. The summed E-state index contributed by atoms with van der Waals surface area (Å²) in [6.07, 6.45) is 2.70. The van der Waals surface area contributed by atoms with Gasteiger partial charge in [0.2, 0.25) is 5.91 Å². The van der Waals surface area contributed by atoms with Gasteiger partial charge in [0.15, 0.2) is 0 Å². The highest BCUT2D eigenvalue weighted by molar-refractivity contribution is 5.78. The number of carbonyl (C=O) groups is 1. The van der Waals surface area contributed by atoms with Crippen LogP contribution in [0, 0.1) is 5.82 Å². The minimum Gasteiger partial charge on any atom is -0.352 e. The van der Waals surface area contributed by atoms with Gasteiger partial charge in [-0.1, -0.05) is 26.0 Å². The minimum atomic E-state index is -0.221. The maximum absolute atomic E-state index is 12.7. The molecule has 106 valence electrons. The van der Waals surface area contributed by atoms with Crippen LogP contribution >= 0.6 is 0 Å². The molecule has 0 radical (unpaired) electrons. The summed E-state index contributed by atoms with van der Waals surface area (Å²) in [7, 11) is 0. The van der Waals surface area contributed by atoms with Crippen LogP contribution in [0.15, 0.2) is 24.3 Å². The molecule has 1 aromatic carbocycles. The molecule has 0 aliphatic heterocycles. The van der Waals surface area contributed by atoms with E-state index in [0.717, 1.165) is 24.8 Å². The van der Waals surface area contributed by atoms with Gasteiger partial charge in [0, 0.05) is 6.04 Å². The van der Waals surface area contributed by atoms with Gasteiger partial charge in [-0.25, -0.2) is 4.39 Å². The third-order valence-corrected chi connectivity index (χ3v) is 3.14. The number of hydrogen-bond acceptors (Lipinski definition) is 2. The van der Waals surface area contributed by atoms with Gasteiger partial charge >= 0.3 is 0 Å². The molecule has 0 spiro atoms. The SMILES string of the molecule is CCC(CC)NC(=O)CNCCc1ccc(F)cc1. The zero-order chi connectivity index (χ0) is 14.1. The lowest BCUT2D eigenvalue weighted by Gasteiger charge is -2.14. The molecule has 4 heteroatoms. The second-order valence-corrected chi connectivity index (χ2v) is 4.63. The van der Waals surface area contributed by atoms with Crippen LogP contribution < -0.4 is 10.6 Å². The Morgan fingerprint density at radius 1 is 1.21 bits per heavy atom. The van der Waals surface area contributed by atoms with Gasteiger partial charge in [-0.05, 0) is 43.5 Å². The van der Waals surface area contributed by atoms with E-state index in [2.05, 4.69) is 24.5 Å². The van der Waals surface area contributed by atoms with E-state index >= 15 is 0 Å². The number of hydrogen-bond donors (Lipinski definition) is 2. The molecule has 19 heavy (non-hydrogen) atoms. The number of nitrogens with one attached hydrogen (secondary N) is 2. The molecule has 1 rings (SSSR count). The number of amides is 1. The van der Waals surface area contributed by atoms with Gasteiger partial charge in [0.05, 0.1) is 6.54 Å². The first-order chi connectivity index (χ1) is 9.15. The number of halogens is 1. The van der Waals surface area contributed by atoms with Gasteiger partial charge in [0.1, 0.15) is 5.82 Å². The van der Waals surface area contributed by atoms with Crippen LogP contribution in [0.1, 0.15) is 32.3 Å². The van der Waals surface area contributed by atoms with E-state index in [-0.39, 0.29) is 17.8 Å². The van der Waals surface area contributed by atoms with Gasteiger partial charge in [-0.15, -0.1) is 0 Å². The van der Waals surface area contributed by atoms with Crippen molar-refractivity contribution in [1.82, 2.24) is 10.6 Å². The zero-order valence-electron chi connectivity index (χ0n) is 11.7. The van der Waals surface area contributed by atoms with E-state index in [1.165, 1.54) is 12.1 Å². The molecule has 0 atom stereocenters. The molecule has 3 nitrogen and oxygen atoms in total. The Morgan fingerprint density at radius 2 is 1.84 bits per heavy atom. The van der Waals surface area contributed by atoms with Crippen molar-refractivity contribution < 1.29 is 9.18 Å². The summed E-state index contributed by atoms with van der Waals surface area (Å²) in [5, 5.41) is 6.07. The Labute approximate surface area is 114 Å². The fourth-order valence-electron chi connectivity index (χ4n) is 1.86. The smallest absolute Gasteiger partial charge is 0.234 e. The van der Waals surface area contributed by atoms with E-state index in [0.29, 0.717) is 13.1 Å². The molecule has 0 saturated heterocycles. The maximum atomic E-state index is 12.7. The average Bonchev–Trinajstić information content (AvgIpc) is 2.43. The first kappa shape index (κ1) is 15.6. The van der Waals surface area contributed by atoms with Crippen LogP contribution in [-0.2, 0) is 11.2 Å². The minimum absolute atomic E-state index is 0.0350. The number of benzene rings is 1. The molecule has 0 heterocycles. The number of carbonyl (C=O) groups excluding carboxylic acids is 1. The van der Waals surface area contributed by atoms with Crippen molar-refractivity contribution in [3.63, 3.8) is 0 Å². The predicted molar refractivity (Wildman–Crippen MR) is 75.5 cm³/mol. The van der Waals surface area contributed by atoms with Crippen molar-refractivity contribution in [2.24, 2.45) is 0 Å². The summed E-state index contributed by atoms with van der Waals surface area (Å²) >= 11 is 0. The van der Waals surface area contributed by atoms with E-state index in [1.54, 1.807) is 12.1 Å². The monoisotopic (exact) mass is 266 g/mol. The van der Waals surface area contributed by atoms with Crippen LogP contribution in [0.2, 0.25) is 0 Å². The van der Waals surface area contributed by atoms with Crippen molar-refractivity contribution >= 4 is 5.91 Å². The Morgan fingerprint density at radius 3 is 2.42 bits per heavy atom. The summed E-state index contributed by atoms with van der Waals surface area (Å²) in [6, 6.07) is 6.71. The van der Waals surface area contributed by atoms with E-state index < -0.39 is 0 Å². The molecule has 1 amide bonds. The van der Waals surface area contributed by atoms with Crippen molar-refractivity contribution in [1.29, 1.82) is 0 Å². The van der Waals surface area contributed by atoms with Crippen LogP contribution in [0.4, 0.5) is 4.39 Å². The van der Waals surface area contributed by atoms with Crippen molar-refractivity contribution in [2.45, 2.75) is 39.2 Å². The molecule has 0 aromatic heterocycles. The zero-order valence-corrected chi connectivity index (χ0v) is 11.7. The van der Waals surface area contributed by atoms with Crippen LogP contribution in [-0.4, -0.2) is 25.0 Å². The van der Waals surface area contributed by atoms with Gasteiger partial charge in [-0.2, -0.15) is 0 Å². The number of rotatable bonds is 8. The molecule has 1 aromatic rings. The molecule has 0 saturated carbocycles. The Hall–Kier alpha value is -1.42. The highest BCUT2D eigenvalue weighted by Gasteiger charge is 2.07. The summed E-state index contributed by atoms with van der Waals surface area (Å²) in [5.41, 5.74) is 1.06. The highest BCUT2D eigenvalue weighted by atomic mass is 19.1. The third kappa shape index (κ3) is 6.34. The van der Waals surface area contributed by atoms with Crippen LogP contribution in [0.5, 0.6) is 0 Å². The lowest BCUT2D eigenvalue weighted by atomic mass is 10.1. The van der Waals surface area contributed by atoms with E-state index in [1.807, 2.05) is 0 Å². The summed E-state index contributed by atoms with van der Waals surface area (Å²) in [6.45, 7) is 5.17. The topological polar surface area (TPSA) is 41.1 Å². The first-order valence-corrected chi connectivity index (χ1v) is 6.90. The normalized spacial score (nSPS) is 10.7. The predicted octanol–water partition coefficient (Wildman–Crippen LogP) is 2.26. The Kier molecular flexibility index (Phi) is 7.11. The van der Waals surface area contributed by atoms with Crippen molar-refractivity contribution in [2.75, 3.05) is 13.1 Å². The van der Waals surface area contributed by atoms with Crippen molar-refractivity contribution in [3.8, 4) is 0 Å². The summed E-state index contributed by atoms with van der Waals surface area (Å²) in [4.78, 5) is 11.6. The van der Waals surface area contributed by atoms with Gasteiger partial charge in [-0.3, -0.25) is 4.79 Å². The fraction of sp³-hybridized carbons (Fsp3) is 0.533. The molecular weight excluding hydrogens is 243 g/mol. The molecule has 0 bridgehead atoms. The lowest BCUT2D eigenvalue weighted by molar-refractivity contribution is -0.121. The summed E-state index contributed by atoms with van der Waals surface area (Å²) in [5.74, 6) is -0.186. The van der Waals surface area contributed by atoms with Crippen molar-refractivity contribution in [3.05, 3.63) is 35.6 Å². The summed E-state index contributed by atoms with van der Waals surface area (Å²) < 4.78 is 12.7. The molecule has 0 unspecified atom stereocenters. The maximum Gasteiger partial charge on any atom is 0.234 e. The van der Waals surface area contributed by atoms with E-state index in [9.17, 15) is 9.18 Å². The van der Waals surface area contributed by atoms with Crippen LogP contribution in [0.3, 0.4) is 0 Å². The van der Waals surface area contributed by atoms with Gasteiger partial charge in [0.25, 0.3) is 0 Å². The third-order valence-electron chi connectivity index (χ3n) is 3.14. The molecular formula is C15H23FN2O. The Bertz CT molecular complexity index is 374. The lowest BCUT2D eigenvalue weighted by Crippen LogP contribution is -2.40. The largest absolute Gasteiger partial charge is 0.352 e. The second kappa shape index (κ2) is 8.64. The molecule has 0 aliphatic rings. The second-order valence-electron chi connectivity index (χ2n) is 4.63. The van der Waals surface area contributed by atoms with Crippen LogP contribution in [0.25, 0.3) is 0 Å². The van der Waals surface area contributed by atoms with Gasteiger partial charge < -0.3 is 10.6 Å². The molecule has 2 N–H and O–H groups in total. The molecule has 0 aliphatic carbocycles. The average molecular weight is 266 g/mol. The standard InChI is InChI=1S/C15H23FN2O/c1-3-14(4-2)18-15(19)11-17-10-9-12-5-7-13(16)8-6-12/h5-8,14,17H,3-4,9-11H2,1-2H3,(H,18,19). The quantitative estimate of drug-likeness (QED) is 0.709. The molecule has 0 fully saturated rings.